The number of carbonyl (C=O) groups is 1. The van der Waals surface area contributed by atoms with Gasteiger partial charge in [0.25, 0.3) is 0 Å². The Hall–Kier alpha value is -0.670. The minimum atomic E-state index is -0.359. The molecular weight excluding hydrogens is 384 g/mol. The second-order valence-corrected chi connectivity index (χ2v) is 13.1. The van der Waals surface area contributed by atoms with Gasteiger partial charge in [-0.1, -0.05) is 40.2 Å². The van der Waals surface area contributed by atoms with E-state index >= 15 is 0 Å². The molecular formula is C28H42O3. The molecule has 4 aliphatic carbocycles. The molecule has 0 bridgehead atoms. The van der Waals surface area contributed by atoms with Gasteiger partial charge in [-0.15, -0.1) is 0 Å². The standard InChI is InChI=1S/C28H42O3/c1-16-6-9-26(4)19(12-16)13-22(29)24-20(26)8-10-27(5)21(24)14-23-25(27)18(3)28(31-23)11-7-17(2)15-30-28/h13,16-18,20-21,23-25H,6-12,14-15H2,1-5H3/t16-,17?,18-,20-,21-,23-,24+,25-,26-,27-,28+/m0/s1. The van der Waals surface area contributed by atoms with Crippen LogP contribution in [-0.2, 0) is 14.3 Å². The van der Waals surface area contributed by atoms with Crippen molar-refractivity contribution < 1.29 is 14.3 Å². The number of fused-ring (bicyclic) bond motifs is 7. The second-order valence-electron chi connectivity index (χ2n) is 13.1. The molecule has 0 N–H and O–H groups in total. The summed E-state index contributed by atoms with van der Waals surface area (Å²) < 4.78 is 13.3. The van der Waals surface area contributed by atoms with Crippen LogP contribution < -0.4 is 0 Å². The Balaban J connectivity index is 1.32. The molecule has 2 heterocycles. The normalized spacial score (nSPS) is 58.4. The van der Waals surface area contributed by atoms with Crippen molar-refractivity contribution in [1.29, 1.82) is 0 Å². The van der Waals surface area contributed by atoms with Crippen LogP contribution in [-0.4, -0.2) is 24.3 Å². The van der Waals surface area contributed by atoms with Crippen LogP contribution in [0.3, 0.4) is 0 Å². The van der Waals surface area contributed by atoms with Gasteiger partial charge in [-0.3, -0.25) is 4.79 Å². The SMILES string of the molecule is CC1CC[C@@]2(OC1)O[C@H]1C[C@H]3[C@@H]4C(=O)C=C5C[C@@H](C)CC[C@]5(C)[C@H]4CC[C@]3(C)[C@H]1[C@@H]2C. The third kappa shape index (κ3) is 2.68. The first kappa shape index (κ1) is 20.9. The van der Waals surface area contributed by atoms with E-state index in [1.807, 2.05) is 0 Å². The third-order valence-corrected chi connectivity index (χ3v) is 11.5. The van der Waals surface area contributed by atoms with E-state index in [9.17, 15) is 4.79 Å². The van der Waals surface area contributed by atoms with E-state index in [4.69, 9.17) is 9.47 Å². The van der Waals surface area contributed by atoms with Gasteiger partial charge in [0.05, 0.1) is 12.7 Å². The molecule has 11 atom stereocenters. The van der Waals surface area contributed by atoms with Gasteiger partial charge in [0.2, 0.25) is 0 Å². The lowest BCUT2D eigenvalue weighted by molar-refractivity contribution is -0.272. The van der Waals surface area contributed by atoms with E-state index < -0.39 is 0 Å². The van der Waals surface area contributed by atoms with Gasteiger partial charge in [-0.25, -0.2) is 0 Å². The molecule has 2 aliphatic heterocycles. The van der Waals surface area contributed by atoms with Crippen molar-refractivity contribution in [3.8, 4) is 0 Å². The fourth-order valence-corrected chi connectivity index (χ4v) is 9.61. The molecule has 1 unspecified atom stereocenters. The summed E-state index contributed by atoms with van der Waals surface area (Å²) in [6.45, 7) is 12.9. The maximum absolute atomic E-state index is 13.6. The minimum Gasteiger partial charge on any atom is -0.349 e. The fraction of sp³-hybridized carbons (Fsp3) is 0.893. The molecule has 3 heteroatoms. The zero-order valence-electron chi connectivity index (χ0n) is 20.3. The highest BCUT2D eigenvalue weighted by molar-refractivity contribution is 5.94. The molecule has 0 radical (unpaired) electrons. The molecule has 0 aromatic rings. The van der Waals surface area contributed by atoms with E-state index in [0.717, 1.165) is 31.8 Å². The Kier molecular flexibility index (Phi) is 4.51. The molecule has 5 fully saturated rings. The van der Waals surface area contributed by atoms with Crippen molar-refractivity contribution in [2.75, 3.05) is 6.61 Å². The molecule has 2 saturated heterocycles. The molecule has 0 aromatic carbocycles. The topological polar surface area (TPSA) is 35.5 Å². The molecule has 6 rings (SSSR count). The van der Waals surface area contributed by atoms with E-state index in [1.165, 1.54) is 37.7 Å². The van der Waals surface area contributed by atoms with Crippen LogP contribution in [0, 0.1) is 52.3 Å². The molecule has 1 spiro atoms. The van der Waals surface area contributed by atoms with Gasteiger partial charge in [-0.2, -0.15) is 0 Å². The predicted octanol–water partition coefficient (Wildman–Crippen LogP) is 6.17. The van der Waals surface area contributed by atoms with E-state index in [0.29, 0.717) is 35.4 Å². The van der Waals surface area contributed by atoms with Crippen LogP contribution in [0.15, 0.2) is 11.6 Å². The number of hydrogen-bond acceptors (Lipinski definition) is 3. The Morgan fingerprint density at radius 2 is 1.74 bits per heavy atom. The van der Waals surface area contributed by atoms with E-state index in [2.05, 4.69) is 40.7 Å². The van der Waals surface area contributed by atoms with Gasteiger partial charge < -0.3 is 9.47 Å². The van der Waals surface area contributed by atoms with Crippen LogP contribution in [0.4, 0.5) is 0 Å². The summed E-state index contributed by atoms with van der Waals surface area (Å²) in [6, 6.07) is 0. The summed E-state index contributed by atoms with van der Waals surface area (Å²) in [7, 11) is 0. The quantitative estimate of drug-likeness (QED) is 0.465. The number of allylic oxidation sites excluding steroid dienone is 2. The molecule has 172 valence electrons. The smallest absolute Gasteiger partial charge is 0.171 e. The number of ketones is 1. The van der Waals surface area contributed by atoms with Gasteiger partial charge >= 0.3 is 0 Å². The van der Waals surface area contributed by atoms with E-state index in [1.54, 1.807) is 0 Å². The van der Waals surface area contributed by atoms with E-state index in [-0.39, 0.29) is 28.6 Å². The van der Waals surface area contributed by atoms with Gasteiger partial charge in [0.1, 0.15) is 0 Å². The maximum atomic E-state index is 13.6. The number of rotatable bonds is 0. The molecule has 0 amide bonds. The van der Waals surface area contributed by atoms with Gasteiger partial charge in [0.15, 0.2) is 11.6 Å². The molecule has 3 saturated carbocycles. The van der Waals surface area contributed by atoms with Crippen LogP contribution in [0.25, 0.3) is 0 Å². The Bertz CT molecular complexity index is 807. The maximum Gasteiger partial charge on any atom is 0.171 e. The molecule has 31 heavy (non-hydrogen) atoms. The third-order valence-electron chi connectivity index (χ3n) is 11.5. The van der Waals surface area contributed by atoms with Crippen LogP contribution >= 0.6 is 0 Å². The lowest BCUT2D eigenvalue weighted by Crippen LogP contribution is -2.54. The van der Waals surface area contributed by atoms with Crippen molar-refractivity contribution in [2.45, 2.75) is 97.9 Å². The zero-order chi connectivity index (χ0) is 21.8. The summed E-state index contributed by atoms with van der Waals surface area (Å²) in [4.78, 5) is 13.6. The highest BCUT2D eigenvalue weighted by Crippen LogP contribution is 2.70. The van der Waals surface area contributed by atoms with Crippen molar-refractivity contribution in [3.05, 3.63) is 11.6 Å². The number of ether oxygens (including phenoxy) is 2. The molecule has 0 aromatic heterocycles. The number of carbonyl (C=O) groups excluding carboxylic acids is 1. The average molecular weight is 427 g/mol. The van der Waals surface area contributed by atoms with Gasteiger partial charge in [-0.05, 0) is 91.4 Å². The van der Waals surface area contributed by atoms with Crippen molar-refractivity contribution in [3.63, 3.8) is 0 Å². The van der Waals surface area contributed by atoms with Gasteiger partial charge in [0, 0.05) is 18.3 Å². The van der Waals surface area contributed by atoms with Crippen molar-refractivity contribution in [2.24, 2.45) is 52.3 Å². The summed E-state index contributed by atoms with van der Waals surface area (Å²) in [5.41, 5.74) is 1.94. The monoisotopic (exact) mass is 426 g/mol. The number of hydrogen-bond donors (Lipinski definition) is 0. The highest BCUT2D eigenvalue weighted by atomic mass is 16.7. The average Bonchev–Trinajstić information content (AvgIpc) is 3.16. The fourth-order valence-electron chi connectivity index (χ4n) is 9.61. The Morgan fingerprint density at radius 3 is 2.48 bits per heavy atom. The van der Waals surface area contributed by atoms with Crippen LogP contribution in [0.1, 0.15) is 86.0 Å². The van der Waals surface area contributed by atoms with Crippen molar-refractivity contribution >= 4 is 5.78 Å². The molecule has 3 nitrogen and oxygen atoms in total. The Morgan fingerprint density at radius 1 is 0.968 bits per heavy atom. The minimum absolute atomic E-state index is 0.209. The summed E-state index contributed by atoms with van der Waals surface area (Å²) in [5.74, 6) is 3.65. The lowest BCUT2D eigenvalue weighted by atomic mass is 9.46. The largest absolute Gasteiger partial charge is 0.349 e. The lowest BCUT2D eigenvalue weighted by Gasteiger charge is -2.57. The first-order chi connectivity index (χ1) is 14.7. The first-order valence-electron chi connectivity index (χ1n) is 13.2. The second kappa shape index (κ2) is 6.69. The summed E-state index contributed by atoms with van der Waals surface area (Å²) >= 11 is 0. The highest BCUT2D eigenvalue weighted by Gasteiger charge is 2.69. The van der Waals surface area contributed by atoms with Crippen LogP contribution in [0.5, 0.6) is 0 Å². The first-order valence-corrected chi connectivity index (χ1v) is 13.2. The Labute approximate surface area is 188 Å². The molecule has 6 aliphatic rings. The summed E-state index contributed by atoms with van der Waals surface area (Å²) in [5, 5.41) is 0. The van der Waals surface area contributed by atoms with Crippen molar-refractivity contribution in [1.82, 2.24) is 0 Å². The zero-order valence-corrected chi connectivity index (χ0v) is 20.3. The van der Waals surface area contributed by atoms with Crippen LogP contribution in [0.2, 0.25) is 0 Å². The predicted molar refractivity (Wildman–Crippen MR) is 121 cm³/mol. The summed E-state index contributed by atoms with van der Waals surface area (Å²) in [6.07, 6.45) is 11.9.